The molecule has 0 aliphatic heterocycles. The third kappa shape index (κ3) is 59.2. The lowest BCUT2D eigenvalue weighted by Crippen LogP contribution is -2.47. The lowest BCUT2D eigenvalue weighted by Gasteiger charge is -2.27. The molecule has 0 aromatic heterocycles. The van der Waals surface area contributed by atoms with E-state index in [1.807, 2.05) is 33.3 Å². The van der Waals surface area contributed by atoms with Crippen LogP contribution in [0.3, 0.4) is 0 Å². The molecule has 0 aliphatic rings. The van der Waals surface area contributed by atoms with E-state index in [9.17, 15) is 19.0 Å². The van der Waals surface area contributed by atoms with Crippen molar-refractivity contribution in [1.29, 1.82) is 0 Å². The number of rotatable bonds is 63. The van der Waals surface area contributed by atoms with E-state index in [0.717, 1.165) is 57.8 Å². The number of esters is 1. The number of phosphoric acid groups is 1. The molecule has 0 fully saturated rings. The maximum Gasteiger partial charge on any atom is 0.472 e. The number of allylic oxidation sites excluding steroid dienone is 1. The largest absolute Gasteiger partial charge is 0.472 e. The number of nitrogens with one attached hydrogen (secondary N) is 1. The summed E-state index contributed by atoms with van der Waals surface area (Å²) in [5, 5.41) is 3.07. The Morgan fingerprint density at radius 1 is 0.442 bits per heavy atom. The molecule has 0 bridgehead atoms. The van der Waals surface area contributed by atoms with Crippen LogP contribution in [0.5, 0.6) is 0 Å². The topological polar surface area (TPSA) is 111 Å². The number of hydrogen-bond acceptors (Lipinski definition) is 6. The Hall–Kier alpha value is -1.25. The maximum absolute atomic E-state index is 13.6. The monoisotopic (exact) mass is 1110 g/mol. The summed E-state index contributed by atoms with van der Waals surface area (Å²) in [5.41, 5.74) is 0. The van der Waals surface area contributed by atoms with Crippen molar-refractivity contribution in [3.05, 3.63) is 12.2 Å². The highest BCUT2D eigenvalue weighted by Gasteiger charge is 2.30. The molecule has 3 atom stereocenters. The van der Waals surface area contributed by atoms with E-state index < -0.39 is 20.0 Å². The minimum atomic E-state index is -4.44. The Balaban J connectivity index is 5.03. The van der Waals surface area contributed by atoms with E-state index >= 15 is 0 Å². The first-order chi connectivity index (χ1) is 37.4. The second kappa shape index (κ2) is 58.0. The van der Waals surface area contributed by atoms with Gasteiger partial charge in [-0.1, -0.05) is 322 Å². The number of carbonyl (C=O) groups excluding carboxylic acids is 2. The van der Waals surface area contributed by atoms with Gasteiger partial charge in [-0.25, -0.2) is 4.57 Å². The van der Waals surface area contributed by atoms with Crippen molar-refractivity contribution >= 4 is 19.7 Å². The van der Waals surface area contributed by atoms with Crippen molar-refractivity contribution in [2.75, 3.05) is 40.9 Å². The number of phosphoric ester groups is 1. The molecule has 0 rings (SSSR count). The van der Waals surface area contributed by atoms with Crippen molar-refractivity contribution in [2.24, 2.45) is 0 Å². The number of nitrogens with zero attached hydrogens (tertiary/aromatic N) is 1. The maximum atomic E-state index is 13.6. The highest BCUT2D eigenvalue weighted by Crippen LogP contribution is 2.43. The number of hydrogen-bond donors (Lipinski definition) is 2. The first-order valence-corrected chi connectivity index (χ1v) is 35.5. The van der Waals surface area contributed by atoms with Crippen LogP contribution in [0.15, 0.2) is 12.2 Å². The van der Waals surface area contributed by atoms with Crippen LogP contribution >= 0.6 is 7.82 Å². The van der Waals surface area contributed by atoms with Gasteiger partial charge in [0, 0.05) is 12.8 Å². The first-order valence-electron chi connectivity index (χ1n) is 34.0. The molecule has 0 saturated carbocycles. The second-order valence-corrected chi connectivity index (χ2v) is 26.2. The van der Waals surface area contributed by atoms with E-state index in [4.69, 9.17) is 13.8 Å². The third-order valence-corrected chi connectivity index (χ3v) is 16.7. The highest BCUT2D eigenvalue weighted by atomic mass is 31.2. The van der Waals surface area contributed by atoms with Gasteiger partial charge < -0.3 is 19.4 Å². The number of amides is 1. The minimum Gasteiger partial charge on any atom is -0.456 e. The molecule has 0 radical (unpaired) electrons. The van der Waals surface area contributed by atoms with E-state index in [2.05, 4.69) is 26.1 Å². The average Bonchev–Trinajstić information content (AvgIpc) is 3.39. The molecule has 0 aromatic carbocycles. The van der Waals surface area contributed by atoms with Gasteiger partial charge in [-0.2, -0.15) is 0 Å². The summed E-state index contributed by atoms with van der Waals surface area (Å²) in [6.07, 6.45) is 67.9. The molecule has 0 saturated heterocycles. The number of ether oxygens (including phenoxy) is 1. The quantitative estimate of drug-likeness (QED) is 0.0205. The van der Waals surface area contributed by atoms with Gasteiger partial charge in [0.15, 0.2) is 0 Å². The van der Waals surface area contributed by atoms with Gasteiger partial charge in [-0.05, 0) is 31.8 Å². The Morgan fingerprint density at radius 2 is 0.740 bits per heavy atom. The lowest BCUT2D eigenvalue weighted by molar-refractivity contribution is -0.870. The fraction of sp³-hybridized carbons (Fsp3) is 0.940. The SMILES string of the molecule is CCCCCCCCCCC/C=C/C(OC(=O)CCCCCCCCCCCCCCCCCCC)C(COP(=O)(O)OCC[N+](C)(C)C)NC(=O)CCCCCCCCCCCCCCCCCCCCCCCCC. The molecule has 0 spiro atoms. The zero-order chi connectivity index (χ0) is 56.4. The van der Waals surface area contributed by atoms with Crippen LogP contribution in [-0.4, -0.2) is 74.3 Å². The Labute approximate surface area is 480 Å². The highest BCUT2D eigenvalue weighted by molar-refractivity contribution is 7.47. The van der Waals surface area contributed by atoms with Gasteiger partial charge in [0.1, 0.15) is 19.3 Å². The van der Waals surface area contributed by atoms with Crippen molar-refractivity contribution in [2.45, 2.75) is 367 Å². The first kappa shape index (κ1) is 75.8. The van der Waals surface area contributed by atoms with Crippen molar-refractivity contribution in [3.8, 4) is 0 Å². The smallest absolute Gasteiger partial charge is 0.456 e. The average molecular weight is 1110 g/mol. The summed E-state index contributed by atoms with van der Waals surface area (Å²) in [6, 6.07) is -0.839. The molecule has 0 heterocycles. The van der Waals surface area contributed by atoms with E-state index in [1.54, 1.807) is 0 Å². The van der Waals surface area contributed by atoms with Crippen LogP contribution in [0.4, 0.5) is 0 Å². The summed E-state index contributed by atoms with van der Waals surface area (Å²) in [5.74, 6) is -0.480. The number of likely N-dealkylation sites (N-methyl/N-ethyl adjacent to an activating group) is 1. The number of unbranched alkanes of at least 4 members (excludes halogenated alkanes) is 47. The minimum absolute atomic E-state index is 0.0459. The third-order valence-electron chi connectivity index (χ3n) is 15.7. The van der Waals surface area contributed by atoms with E-state index in [1.165, 1.54) is 263 Å². The summed E-state index contributed by atoms with van der Waals surface area (Å²) in [6.45, 7) is 7.08. The molecule has 1 amide bonds. The lowest BCUT2D eigenvalue weighted by atomic mass is 10.0. The number of carbonyl (C=O) groups is 2. The molecule has 458 valence electrons. The molecular weight excluding hydrogens is 976 g/mol. The van der Waals surface area contributed by atoms with Gasteiger partial charge in [0.25, 0.3) is 0 Å². The van der Waals surface area contributed by atoms with Crippen molar-refractivity contribution in [1.82, 2.24) is 5.32 Å². The van der Waals surface area contributed by atoms with Gasteiger partial charge in [-0.3, -0.25) is 18.6 Å². The van der Waals surface area contributed by atoms with Crippen LogP contribution < -0.4 is 5.32 Å². The predicted molar refractivity (Wildman–Crippen MR) is 333 cm³/mol. The van der Waals surface area contributed by atoms with Gasteiger partial charge >= 0.3 is 13.8 Å². The molecule has 9 nitrogen and oxygen atoms in total. The van der Waals surface area contributed by atoms with E-state index in [-0.39, 0.29) is 25.1 Å². The van der Waals surface area contributed by atoms with Crippen LogP contribution in [0.1, 0.15) is 355 Å². The second-order valence-electron chi connectivity index (χ2n) is 24.7. The zero-order valence-corrected chi connectivity index (χ0v) is 53.4. The normalized spacial score (nSPS) is 13.6. The Kier molecular flexibility index (Phi) is 57.0. The van der Waals surface area contributed by atoms with Gasteiger partial charge in [-0.15, -0.1) is 0 Å². The van der Waals surface area contributed by atoms with Crippen molar-refractivity contribution < 1.29 is 37.3 Å². The predicted octanol–water partition coefficient (Wildman–Crippen LogP) is 21.1. The van der Waals surface area contributed by atoms with E-state index in [0.29, 0.717) is 23.9 Å². The van der Waals surface area contributed by atoms with Crippen LogP contribution in [-0.2, 0) is 27.9 Å². The summed E-state index contributed by atoms with van der Waals surface area (Å²) < 4.78 is 30.8. The van der Waals surface area contributed by atoms with Crippen LogP contribution in [0.2, 0.25) is 0 Å². The molecule has 0 aliphatic carbocycles. The molecule has 0 aromatic rings. The number of quaternary nitrogens is 1. The summed E-state index contributed by atoms with van der Waals surface area (Å²) >= 11 is 0. The van der Waals surface area contributed by atoms with Crippen molar-refractivity contribution in [3.63, 3.8) is 0 Å². The summed E-state index contributed by atoms with van der Waals surface area (Å²) in [7, 11) is 1.52. The summed E-state index contributed by atoms with van der Waals surface area (Å²) in [4.78, 5) is 37.8. The Bertz CT molecular complexity index is 1320. The fourth-order valence-electron chi connectivity index (χ4n) is 10.5. The molecular formula is C67H134N2O7P+. The van der Waals surface area contributed by atoms with Crippen LogP contribution in [0.25, 0.3) is 0 Å². The molecule has 10 heteroatoms. The molecule has 77 heavy (non-hydrogen) atoms. The van der Waals surface area contributed by atoms with Gasteiger partial charge in [0.05, 0.1) is 33.8 Å². The zero-order valence-electron chi connectivity index (χ0n) is 52.5. The standard InChI is InChI=1S/C67H133N2O7P/c1-7-10-13-16-19-22-25-27-29-31-32-33-34-35-36-38-39-41-44-47-50-53-56-59-66(70)68-64(63-75-77(72,73)74-62-61-69(4,5)6)65(58-55-52-49-46-43-24-21-18-15-12-9-3)76-67(71)60-57-54-51-48-45-42-40-37-30-28-26-23-20-17-14-11-8-2/h55,58,64-65H,7-54,56-57,59-63H2,1-6H3,(H-,68,70,72,73)/p+1/b58-55+. The Morgan fingerprint density at radius 3 is 1.06 bits per heavy atom. The molecule has 3 unspecified atom stereocenters. The van der Waals surface area contributed by atoms with Crippen LogP contribution in [0, 0.1) is 0 Å². The van der Waals surface area contributed by atoms with Gasteiger partial charge in [0.2, 0.25) is 5.91 Å². The fourth-order valence-corrected chi connectivity index (χ4v) is 11.2. The molecule has 2 N–H and O–H groups in total.